The Morgan fingerprint density at radius 3 is 2.50 bits per heavy atom. The smallest absolute Gasteiger partial charge is 0.418 e. The molecule has 2 aromatic carbocycles. The molecule has 1 atom stereocenters. The summed E-state index contributed by atoms with van der Waals surface area (Å²) >= 11 is 6.12. The molecule has 0 fully saturated rings. The second-order valence-corrected chi connectivity index (χ2v) is 9.34. The van der Waals surface area contributed by atoms with Crippen molar-refractivity contribution in [3.8, 4) is 11.5 Å². The zero-order chi connectivity index (χ0) is 24.7. The molecular weight excluding hydrogens is 473 g/mol. The number of halogens is 4. The number of aliphatic hydroxyl groups excluding tert-OH is 1. The minimum Gasteiger partial charge on any atom is -0.453 e. The Morgan fingerprint density at radius 1 is 1.06 bits per heavy atom. The van der Waals surface area contributed by atoms with Gasteiger partial charge >= 0.3 is 6.18 Å². The van der Waals surface area contributed by atoms with Crippen molar-refractivity contribution in [3.63, 3.8) is 0 Å². The Kier molecular flexibility index (Phi) is 6.30. The van der Waals surface area contributed by atoms with Gasteiger partial charge in [0.1, 0.15) is 0 Å². The first kappa shape index (κ1) is 24.4. The van der Waals surface area contributed by atoms with Crippen molar-refractivity contribution in [1.29, 1.82) is 0 Å². The molecule has 0 saturated carbocycles. The molecule has 0 amide bonds. The maximum Gasteiger partial charge on any atom is 0.418 e. The Balaban J connectivity index is 1.64. The standard InChI is InChI=1S/C24H24ClF3N2O4/c1-22(2,16-8-9-17(25)21-20(16)33-13-34-21)11-23(32,24(26,27)28)12-29-18-4-3-5-19-15(18)7-6-14(10-31)30-19/h3-9,29,31-32H,10-13H2,1-2H3. The molecule has 0 aliphatic carbocycles. The van der Waals surface area contributed by atoms with E-state index < -0.39 is 30.2 Å². The van der Waals surface area contributed by atoms with Gasteiger partial charge in [-0.2, -0.15) is 13.2 Å². The zero-order valence-electron chi connectivity index (χ0n) is 18.5. The van der Waals surface area contributed by atoms with Crippen LogP contribution in [0, 0.1) is 0 Å². The summed E-state index contributed by atoms with van der Waals surface area (Å²) in [4.78, 5) is 4.28. The largest absolute Gasteiger partial charge is 0.453 e. The second-order valence-electron chi connectivity index (χ2n) is 8.94. The topological polar surface area (TPSA) is 83.8 Å². The summed E-state index contributed by atoms with van der Waals surface area (Å²) in [5.41, 5.74) is -2.41. The fourth-order valence-electron chi connectivity index (χ4n) is 4.27. The third kappa shape index (κ3) is 4.47. The molecule has 1 unspecified atom stereocenters. The van der Waals surface area contributed by atoms with E-state index in [-0.39, 0.29) is 24.9 Å². The molecule has 2 heterocycles. The van der Waals surface area contributed by atoms with Gasteiger partial charge in [-0.25, -0.2) is 0 Å². The van der Waals surface area contributed by atoms with Crippen LogP contribution in [-0.4, -0.2) is 40.3 Å². The number of aromatic nitrogens is 1. The molecule has 3 N–H and O–H groups in total. The van der Waals surface area contributed by atoms with E-state index in [0.717, 1.165) is 0 Å². The summed E-state index contributed by atoms with van der Waals surface area (Å²) in [6.07, 6.45) is -5.57. The first-order valence-electron chi connectivity index (χ1n) is 10.6. The number of rotatable bonds is 7. The van der Waals surface area contributed by atoms with Crippen LogP contribution in [0.3, 0.4) is 0 Å². The molecule has 1 aromatic heterocycles. The van der Waals surface area contributed by atoms with E-state index in [1.165, 1.54) is 0 Å². The van der Waals surface area contributed by atoms with Crippen molar-refractivity contribution in [2.45, 2.75) is 44.1 Å². The lowest BCUT2D eigenvalue weighted by molar-refractivity contribution is -0.260. The average Bonchev–Trinajstić information content (AvgIpc) is 3.27. The van der Waals surface area contributed by atoms with E-state index in [1.54, 1.807) is 56.3 Å². The van der Waals surface area contributed by atoms with Crippen molar-refractivity contribution in [1.82, 2.24) is 4.98 Å². The number of nitrogens with one attached hydrogen (secondary N) is 1. The van der Waals surface area contributed by atoms with Gasteiger partial charge in [-0.15, -0.1) is 0 Å². The van der Waals surface area contributed by atoms with Crippen LogP contribution in [-0.2, 0) is 12.0 Å². The Morgan fingerprint density at radius 2 is 1.79 bits per heavy atom. The van der Waals surface area contributed by atoms with Crippen molar-refractivity contribution in [3.05, 3.63) is 58.7 Å². The molecule has 0 saturated heterocycles. The number of pyridine rings is 1. The van der Waals surface area contributed by atoms with Crippen LogP contribution in [0.2, 0.25) is 5.02 Å². The maximum atomic E-state index is 14.2. The molecule has 6 nitrogen and oxygen atoms in total. The molecule has 3 aromatic rings. The summed E-state index contributed by atoms with van der Waals surface area (Å²) in [5.74, 6) is 0.571. The highest BCUT2D eigenvalue weighted by molar-refractivity contribution is 6.32. The van der Waals surface area contributed by atoms with E-state index in [2.05, 4.69) is 10.3 Å². The fraction of sp³-hybridized carbons (Fsp3) is 0.375. The van der Waals surface area contributed by atoms with Gasteiger partial charge in [0.15, 0.2) is 17.1 Å². The lowest BCUT2D eigenvalue weighted by atomic mass is 9.74. The van der Waals surface area contributed by atoms with Crippen molar-refractivity contribution in [2.75, 3.05) is 18.7 Å². The third-order valence-corrected chi connectivity index (χ3v) is 6.28. The van der Waals surface area contributed by atoms with Crippen LogP contribution < -0.4 is 14.8 Å². The first-order valence-corrected chi connectivity index (χ1v) is 10.9. The van der Waals surface area contributed by atoms with Crippen LogP contribution in [0.1, 0.15) is 31.5 Å². The van der Waals surface area contributed by atoms with Crippen LogP contribution in [0.5, 0.6) is 11.5 Å². The van der Waals surface area contributed by atoms with E-state index >= 15 is 0 Å². The first-order chi connectivity index (χ1) is 15.9. The predicted molar refractivity (Wildman–Crippen MR) is 122 cm³/mol. The summed E-state index contributed by atoms with van der Waals surface area (Å²) in [6.45, 7) is 2.09. The lowest BCUT2D eigenvalue weighted by Gasteiger charge is -2.38. The van der Waals surface area contributed by atoms with Crippen LogP contribution in [0.25, 0.3) is 10.9 Å². The molecule has 0 spiro atoms. The van der Waals surface area contributed by atoms with Crippen LogP contribution in [0.4, 0.5) is 18.9 Å². The molecule has 4 rings (SSSR count). The summed E-state index contributed by atoms with van der Waals surface area (Å²) < 4.78 is 53.4. The van der Waals surface area contributed by atoms with Crippen LogP contribution >= 0.6 is 11.6 Å². The fourth-order valence-corrected chi connectivity index (χ4v) is 4.47. The summed E-state index contributed by atoms with van der Waals surface area (Å²) in [6, 6.07) is 11.3. The number of anilines is 1. The highest BCUT2D eigenvalue weighted by Gasteiger charge is 2.56. The van der Waals surface area contributed by atoms with Gasteiger partial charge in [0, 0.05) is 16.6 Å². The predicted octanol–water partition coefficient (Wildman–Crippen LogP) is 5.18. The number of benzene rings is 2. The highest BCUT2D eigenvalue weighted by Crippen LogP contribution is 2.49. The number of hydrogen-bond acceptors (Lipinski definition) is 6. The molecular formula is C24H24ClF3N2O4. The minimum absolute atomic E-state index is 0.0830. The van der Waals surface area contributed by atoms with Gasteiger partial charge in [0.25, 0.3) is 0 Å². The third-order valence-electron chi connectivity index (χ3n) is 5.98. The number of fused-ring (bicyclic) bond motifs is 2. The van der Waals surface area contributed by atoms with E-state index in [4.69, 9.17) is 21.1 Å². The Bertz CT molecular complexity index is 1220. The molecule has 182 valence electrons. The molecule has 0 radical (unpaired) electrons. The van der Waals surface area contributed by atoms with Crippen molar-refractivity contribution in [2.24, 2.45) is 0 Å². The maximum absolute atomic E-state index is 14.2. The van der Waals surface area contributed by atoms with E-state index in [9.17, 15) is 23.4 Å². The monoisotopic (exact) mass is 496 g/mol. The normalized spacial score (nSPS) is 15.4. The Hall–Kier alpha value is -2.75. The number of aliphatic hydroxyl groups is 2. The summed E-state index contributed by atoms with van der Waals surface area (Å²) in [5, 5.41) is 23.8. The number of alkyl halides is 3. The second kappa shape index (κ2) is 8.79. The van der Waals surface area contributed by atoms with E-state index in [0.29, 0.717) is 32.9 Å². The molecule has 1 aliphatic heterocycles. The number of nitrogens with zero attached hydrogens (tertiary/aromatic N) is 1. The van der Waals surface area contributed by atoms with Crippen LogP contribution in [0.15, 0.2) is 42.5 Å². The zero-order valence-corrected chi connectivity index (χ0v) is 19.3. The van der Waals surface area contributed by atoms with Gasteiger partial charge in [0.2, 0.25) is 6.79 Å². The van der Waals surface area contributed by atoms with Gasteiger partial charge in [-0.05, 0) is 42.2 Å². The number of ether oxygens (including phenoxy) is 2. The van der Waals surface area contributed by atoms with Gasteiger partial charge in [-0.1, -0.05) is 37.6 Å². The molecule has 1 aliphatic rings. The molecule has 10 heteroatoms. The Labute approximate surface area is 199 Å². The quantitative estimate of drug-likeness (QED) is 0.418. The summed E-state index contributed by atoms with van der Waals surface area (Å²) in [7, 11) is 0. The van der Waals surface area contributed by atoms with E-state index in [1.807, 2.05) is 0 Å². The SMILES string of the molecule is CC(C)(CC(O)(CNc1cccc2nc(CO)ccc12)C(F)(F)F)c1ccc(Cl)c2c1OCO2. The van der Waals surface area contributed by atoms with Gasteiger partial charge in [0.05, 0.1) is 29.4 Å². The molecule has 0 bridgehead atoms. The van der Waals surface area contributed by atoms with Gasteiger partial charge in [-0.3, -0.25) is 4.98 Å². The minimum atomic E-state index is -4.92. The van der Waals surface area contributed by atoms with Crippen molar-refractivity contribution < 1.29 is 32.9 Å². The molecule has 34 heavy (non-hydrogen) atoms. The number of hydrogen-bond donors (Lipinski definition) is 3. The lowest BCUT2D eigenvalue weighted by Crippen LogP contribution is -2.53. The van der Waals surface area contributed by atoms with Gasteiger partial charge < -0.3 is 25.0 Å². The van der Waals surface area contributed by atoms with Crippen molar-refractivity contribution >= 4 is 28.2 Å². The highest BCUT2D eigenvalue weighted by atomic mass is 35.5. The average molecular weight is 497 g/mol.